The zero-order valence-corrected chi connectivity index (χ0v) is 10.7. The van der Waals surface area contributed by atoms with Gasteiger partial charge in [-0.25, -0.2) is 0 Å². The highest BCUT2D eigenvalue weighted by atomic mass is 32.2. The average Bonchev–Trinajstić information content (AvgIpc) is 2.56. The van der Waals surface area contributed by atoms with Crippen LogP contribution in [0.4, 0.5) is 0 Å². The fourth-order valence-corrected chi connectivity index (χ4v) is 3.08. The summed E-state index contributed by atoms with van der Waals surface area (Å²) in [5.41, 5.74) is 0. The molecule has 1 aliphatic rings. The Morgan fingerprint density at radius 3 is 2.36 bits per heavy atom. The van der Waals surface area contributed by atoms with E-state index in [2.05, 4.69) is 37.8 Å². The van der Waals surface area contributed by atoms with E-state index in [1.807, 2.05) is 0 Å². The van der Waals surface area contributed by atoms with Crippen LogP contribution in [0.15, 0.2) is 0 Å². The van der Waals surface area contributed by atoms with Crippen LogP contribution in [0.2, 0.25) is 0 Å². The molecular weight excluding hydrogens is 190 g/mol. The van der Waals surface area contributed by atoms with Crippen molar-refractivity contribution in [3.63, 3.8) is 0 Å². The van der Waals surface area contributed by atoms with E-state index < -0.39 is 0 Å². The van der Waals surface area contributed by atoms with E-state index in [0.29, 0.717) is 6.04 Å². The van der Waals surface area contributed by atoms with Crippen molar-refractivity contribution < 1.29 is 0 Å². The Kier molecular flexibility index (Phi) is 5.95. The molecule has 14 heavy (non-hydrogen) atoms. The molecule has 1 nitrogen and oxygen atoms in total. The Labute approximate surface area is 93.4 Å². The van der Waals surface area contributed by atoms with E-state index in [0.717, 1.165) is 12.0 Å². The molecule has 1 saturated carbocycles. The van der Waals surface area contributed by atoms with Crippen LogP contribution >= 0.6 is 11.8 Å². The van der Waals surface area contributed by atoms with Gasteiger partial charge in [0.15, 0.2) is 0 Å². The van der Waals surface area contributed by atoms with E-state index in [-0.39, 0.29) is 0 Å². The smallest absolute Gasteiger partial charge is 0.0132 e. The van der Waals surface area contributed by atoms with E-state index in [1.54, 1.807) is 0 Å². The molecule has 0 radical (unpaired) electrons. The van der Waals surface area contributed by atoms with Gasteiger partial charge in [-0.3, -0.25) is 0 Å². The van der Waals surface area contributed by atoms with Crippen molar-refractivity contribution in [3.05, 3.63) is 0 Å². The predicted octanol–water partition coefficient (Wildman–Crippen LogP) is 3.30. The molecule has 1 aliphatic carbocycles. The van der Waals surface area contributed by atoms with Gasteiger partial charge in [-0.2, -0.15) is 11.8 Å². The van der Waals surface area contributed by atoms with Gasteiger partial charge in [0.25, 0.3) is 0 Å². The number of rotatable bonds is 6. The molecule has 0 aromatic carbocycles. The fourth-order valence-electron chi connectivity index (χ4n) is 2.02. The Balaban J connectivity index is 2.00. The highest BCUT2D eigenvalue weighted by Gasteiger charge is 2.16. The van der Waals surface area contributed by atoms with Crippen LogP contribution in [0, 0.1) is 5.92 Å². The number of hydrogen-bond acceptors (Lipinski definition) is 2. The first-order valence-corrected chi connectivity index (χ1v) is 7.17. The highest BCUT2D eigenvalue weighted by Crippen LogP contribution is 2.19. The monoisotopic (exact) mass is 215 g/mol. The third-order valence-electron chi connectivity index (χ3n) is 2.69. The molecule has 0 saturated heterocycles. The second-order valence-electron chi connectivity index (χ2n) is 4.98. The largest absolute Gasteiger partial charge is 0.311 e. The van der Waals surface area contributed by atoms with Crippen LogP contribution < -0.4 is 5.32 Å². The zero-order valence-electron chi connectivity index (χ0n) is 9.88. The molecule has 1 atom stereocenters. The summed E-state index contributed by atoms with van der Waals surface area (Å²) >= 11 is 2.09. The molecular formula is C12H25NS. The summed E-state index contributed by atoms with van der Waals surface area (Å²) < 4.78 is 0. The van der Waals surface area contributed by atoms with E-state index in [1.165, 1.54) is 37.2 Å². The lowest BCUT2D eigenvalue weighted by atomic mass is 10.2. The van der Waals surface area contributed by atoms with Gasteiger partial charge in [-0.15, -0.1) is 0 Å². The normalized spacial score (nSPS) is 20.6. The predicted molar refractivity (Wildman–Crippen MR) is 67.0 cm³/mol. The highest BCUT2D eigenvalue weighted by molar-refractivity contribution is 7.99. The first-order chi connectivity index (χ1) is 6.68. The van der Waals surface area contributed by atoms with Crippen molar-refractivity contribution in [3.8, 4) is 0 Å². The minimum absolute atomic E-state index is 0.696. The summed E-state index contributed by atoms with van der Waals surface area (Å²) in [5, 5.41) is 3.73. The molecule has 1 rings (SSSR count). The Hall–Kier alpha value is 0.310. The van der Waals surface area contributed by atoms with Crippen LogP contribution in [0.5, 0.6) is 0 Å². The maximum absolute atomic E-state index is 3.73. The Morgan fingerprint density at radius 2 is 1.79 bits per heavy atom. The quantitative estimate of drug-likeness (QED) is 0.729. The van der Waals surface area contributed by atoms with Gasteiger partial charge in [0, 0.05) is 17.8 Å². The molecule has 0 aromatic heterocycles. The number of hydrogen-bond donors (Lipinski definition) is 1. The topological polar surface area (TPSA) is 12.0 Å². The van der Waals surface area contributed by atoms with Gasteiger partial charge in [0.1, 0.15) is 0 Å². The Morgan fingerprint density at radius 1 is 1.14 bits per heavy atom. The standard InChI is InChI=1S/C12H25NS/c1-10(2)8-14-9-11(3)13-12-6-4-5-7-12/h10-13H,4-9H2,1-3H3. The van der Waals surface area contributed by atoms with Crippen molar-refractivity contribution in [1.82, 2.24) is 5.32 Å². The molecule has 0 aromatic rings. The van der Waals surface area contributed by atoms with Gasteiger partial charge in [-0.05, 0) is 31.4 Å². The number of nitrogens with one attached hydrogen (secondary N) is 1. The summed E-state index contributed by atoms with van der Waals surface area (Å²) in [6.45, 7) is 6.91. The molecule has 0 spiro atoms. The minimum atomic E-state index is 0.696. The lowest BCUT2D eigenvalue weighted by Gasteiger charge is -2.19. The van der Waals surface area contributed by atoms with Crippen LogP contribution in [0.3, 0.4) is 0 Å². The summed E-state index contributed by atoms with van der Waals surface area (Å²) in [6, 6.07) is 1.52. The average molecular weight is 215 g/mol. The molecule has 2 heteroatoms. The maximum atomic E-state index is 3.73. The first-order valence-electron chi connectivity index (χ1n) is 6.02. The molecule has 0 amide bonds. The Bertz CT molecular complexity index is 141. The summed E-state index contributed by atoms with van der Waals surface area (Å²) in [7, 11) is 0. The summed E-state index contributed by atoms with van der Waals surface area (Å²) in [4.78, 5) is 0. The molecule has 0 bridgehead atoms. The molecule has 1 fully saturated rings. The molecule has 1 unspecified atom stereocenters. The number of thioether (sulfide) groups is 1. The summed E-state index contributed by atoms with van der Waals surface area (Å²) in [6.07, 6.45) is 5.67. The van der Waals surface area contributed by atoms with E-state index >= 15 is 0 Å². The maximum Gasteiger partial charge on any atom is 0.0132 e. The lowest BCUT2D eigenvalue weighted by Crippen LogP contribution is -2.36. The molecule has 1 N–H and O–H groups in total. The van der Waals surface area contributed by atoms with Gasteiger partial charge >= 0.3 is 0 Å². The van der Waals surface area contributed by atoms with E-state index in [4.69, 9.17) is 0 Å². The third kappa shape index (κ3) is 5.26. The van der Waals surface area contributed by atoms with Crippen molar-refractivity contribution in [1.29, 1.82) is 0 Å². The zero-order chi connectivity index (χ0) is 10.4. The molecule has 0 heterocycles. The van der Waals surface area contributed by atoms with Crippen molar-refractivity contribution >= 4 is 11.8 Å². The van der Waals surface area contributed by atoms with Crippen LogP contribution in [0.25, 0.3) is 0 Å². The van der Waals surface area contributed by atoms with Crippen molar-refractivity contribution in [2.24, 2.45) is 5.92 Å². The van der Waals surface area contributed by atoms with Crippen LogP contribution in [-0.2, 0) is 0 Å². The van der Waals surface area contributed by atoms with Gasteiger partial charge in [0.05, 0.1) is 0 Å². The second-order valence-corrected chi connectivity index (χ2v) is 6.06. The molecule has 0 aliphatic heterocycles. The summed E-state index contributed by atoms with van der Waals surface area (Å²) in [5.74, 6) is 3.41. The van der Waals surface area contributed by atoms with Crippen LogP contribution in [-0.4, -0.2) is 23.6 Å². The van der Waals surface area contributed by atoms with Gasteiger partial charge in [0.2, 0.25) is 0 Å². The van der Waals surface area contributed by atoms with Crippen molar-refractivity contribution in [2.45, 2.75) is 58.5 Å². The van der Waals surface area contributed by atoms with Crippen LogP contribution in [0.1, 0.15) is 46.5 Å². The van der Waals surface area contributed by atoms with Gasteiger partial charge < -0.3 is 5.32 Å². The minimum Gasteiger partial charge on any atom is -0.311 e. The first kappa shape index (κ1) is 12.4. The lowest BCUT2D eigenvalue weighted by molar-refractivity contribution is 0.475. The van der Waals surface area contributed by atoms with Gasteiger partial charge in [-0.1, -0.05) is 26.7 Å². The molecule has 84 valence electrons. The van der Waals surface area contributed by atoms with Crippen molar-refractivity contribution in [2.75, 3.05) is 11.5 Å². The third-order valence-corrected chi connectivity index (χ3v) is 4.33. The SMILES string of the molecule is CC(C)CSCC(C)NC1CCCC1. The van der Waals surface area contributed by atoms with E-state index in [9.17, 15) is 0 Å². The fraction of sp³-hybridized carbons (Fsp3) is 1.00. The second kappa shape index (κ2) is 6.73.